The summed E-state index contributed by atoms with van der Waals surface area (Å²) < 4.78 is 16.5. The fourth-order valence-electron chi connectivity index (χ4n) is 3.58. The van der Waals surface area contributed by atoms with Crippen molar-refractivity contribution in [3.8, 4) is 17.2 Å². The van der Waals surface area contributed by atoms with Crippen LogP contribution in [-0.4, -0.2) is 36.2 Å². The number of carbonyl (C=O) groups excluding carboxylic acids is 2. The number of benzene rings is 2. The van der Waals surface area contributed by atoms with E-state index >= 15 is 0 Å². The standard InChI is InChI=1S/C24H26N2O5/c1-14(2)12-26-23(27)21(16-5-8-18(9-6-16)31-15(3)4)22(24(26)28)25-17-7-10-19-20(11-17)30-13-29-19/h5-11,14-15,25H,12-13H2,1-4H3. The van der Waals surface area contributed by atoms with Crippen LogP contribution >= 0.6 is 0 Å². The molecule has 1 N–H and O–H groups in total. The fourth-order valence-corrected chi connectivity index (χ4v) is 3.58. The van der Waals surface area contributed by atoms with Crippen LogP contribution in [0.1, 0.15) is 33.3 Å². The molecule has 0 radical (unpaired) electrons. The monoisotopic (exact) mass is 422 g/mol. The lowest BCUT2D eigenvalue weighted by molar-refractivity contribution is -0.137. The molecule has 2 aliphatic heterocycles. The van der Waals surface area contributed by atoms with Crippen LogP contribution in [0.25, 0.3) is 5.57 Å². The fraction of sp³-hybridized carbons (Fsp3) is 0.333. The van der Waals surface area contributed by atoms with Crippen LogP contribution in [0, 0.1) is 5.92 Å². The largest absolute Gasteiger partial charge is 0.491 e. The average Bonchev–Trinajstić information content (AvgIpc) is 3.27. The lowest BCUT2D eigenvalue weighted by atomic mass is 10.0. The van der Waals surface area contributed by atoms with E-state index in [1.54, 1.807) is 30.3 Å². The Hall–Kier alpha value is -3.48. The summed E-state index contributed by atoms with van der Waals surface area (Å²) in [7, 11) is 0. The molecular weight excluding hydrogens is 396 g/mol. The van der Waals surface area contributed by atoms with E-state index in [-0.39, 0.29) is 36.3 Å². The maximum Gasteiger partial charge on any atom is 0.278 e. The second kappa shape index (κ2) is 8.34. The number of rotatable bonds is 7. The molecule has 0 spiro atoms. The minimum atomic E-state index is -0.339. The van der Waals surface area contributed by atoms with E-state index in [1.807, 2.05) is 39.8 Å². The molecule has 162 valence electrons. The van der Waals surface area contributed by atoms with Crippen LogP contribution in [0.15, 0.2) is 48.2 Å². The van der Waals surface area contributed by atoms with Gasteiger partial charge in [-0.3, -0.25) is 14.5 Å². The average molecular weight is 422 g/mol. The van der Waals surface area contributed by atoms with Gasteiger partial charge in [-0.1, -0.05) is 26.0 Å². The van der Waals surface area contributed by atoms with Crippen molar-refractivity contribution in [1.29, 1.82) is 0 Å². The zero-order valence-corrected chi connectivity index (χ0v) is 18.1. The molecule has 0 fully saturated rings. The Morgan fingerprint density at radius 3 is 2.35 bits per heavy atom. The lowest BCUT2D eigenvalue weighted by Gasteiger charge is -2.17. The first kappa shape index (κ1) is 20.8. The lowest BCUT2D eigenvalue weighted by Crippen LogP contribution is -2.35. The van der Waals surface area contributed by atoms with Crippen LogP contribution in [-0.2, 0) is 9.59 Å². The van der Waals surface area contributed by atoms with E-state index in [2.05, 4.69) is 5.32 Å². The Morgan fingerprint density at radius 1 is 0.968 bits per heavy atom. The van der Waals surface area contributed by atoms with E-state index in [0.29, 0.717) is 40.6 Å². The maximum absolute atomic E-state index is 13.2. The first-order valence-corrected chi connectivity index (χ1v) is 10.4. The van der Waals surface area contributed by atoms with Crippen LogP contribution in [0.4, 0.5) is 5.69 Å². The van der Waals surface area contributed by atoms with Gasteiger partial charge >= 0.3 is 0 Å². The summed E-state index contributed by atoms with van der Waals surface area (Å²) in [5.74, 6) is 1.46. The number of anilines is 1. The van der Waals surface area contributed by atoms with Gasteiger partial charge in [-0.05, 0) is 49.6 Å². The number of amides is 2. The van der Waals surface area contributed by atoms with Crippen molar-refractivity contribution in [2.75, 3.05) is 18.7 Å². The molecule has 2 aliphatic rings. The third-order valence-electron chi connectivity index (χ3n) is 4.87. The summed E-state index contributed by atoms with van der Waals surface area (Å²) in [6, 6.07) is 12.6. The highest BCUT2D eigenvalue weighted by Gasteiger charge is 2.39. The van der Waals surface area contributed by atoms with Gasteiger partial charge in [0.2, 0.25) is 6.79 Å². The Morgan fingerprint density at radius 2 is 1.68 bits per heavy atom. The van der Waals surface area contributed by atoms with Crippen molar-refractivity contribution in [2.45, 2.75) is 33.8 Å². The van der Waals surface area contributed by atoms with Gasteiger partial charge in [0.25, 0.3) is 11.8 Å². The van der Waals surface area contributed by atoms with E-state index < -0.39 is 0 Å². The zero-order valence-electron chi connectivity index (χ0n) is 18.1. The van der Waals surface area contributed by atoms with Crippen LogP contribution in [0.5, 0.6) is 17.2 Å². The molecule has 4 rings (SSSR count). The molecule has 0 atom stereocenters. The third kappa shape index (κ3) is 4.21. The number of nitrogens with one attached hydrogen (secondary N) is 1. The Kier molecular flexibility index (Phi) is 5.59. The molecule has 0 saturated heterocycles. The summed E-state index contributed by atoms with van der Waals surface area (Å²) >= 11 is 0. The Labute approximate surface area is 181 Å². The number of carbonyl (C=O) groups is 2. The molecule has 0 aliphatic carbocycles. The molecule has 7 nitrogen and oxygen atoms in total. The molecule has 31 heavy (non-hydrogen) atoms. The van der Waals surface area contributed by atoms with Crippen molar-refractivity contribution in [2.24, 2.45) is 5.92 Å². The number of hydrogen-bond donors (Lipinski definition) is 1. The summed E-state index contributed by atoms with van der Waals surface area (Å²) in [4.78, 5) is 27.7. The summed E-state index contributed by atoms with van der Waals surface area (Å²) in [5.41, 5.74) is 1.90. The van der Waals surface area contributed by atoms with Crippen molar-refractivity contribution in [3.63, 3.8) is 0 Å². The molecule has 0 aromatic heterocycles. The number of fused-ring (bicyclic) bond motifs is 1. The van der Waals surface area contributed by atoms with E-state index in [4.69, 9.17) is 14.2 Å². The van der Waals surface area contributed by atoms with Gasteiger partial charge in [0, 0.05) is 18.3 Å². The Bertz CT molecular complexity index is 1040. The van der Waals surface area contributed by atoms with Crippen LogP contribution in [0.2, 0.25) is 0 Å². The SMILES string of the molecule is CC(C)CN1C(=O)C(Nc2ccc3c(c2)OCO3)=C(c2ccc(OC(C)C)cc2)C1=O. The topological polar surface area (TPSA) is 77.1 Å². The van der Waals surface area contributed by atoms with Gasteiger partial charge in [0.1, 0.15) is 11.4 Å². The number of imide groups is 1. The first-order valence-electron chi connectivity index (χ1n) is 10.4. The molecule has 2 aromatic carbocycles. The minimum absolute atomic E-state index is 0.0459. The molecule has 2 aromatic rings. The van der Waals surface area contributed by atoms with Gasteiger partial charge in [-0.15, -0.1) is 0 Å². The van der Waals surface area contributed by atoms with Gasteiger partial charge in [0.15, 0.2) is 11.5 Å². The number of hydrogen-bond acceptors (Lipinski definition) is 6. The van der Waals surface area contributed by atoms with Gasteiger partial charge in [0.05, 0.1) is 11.7 Å². The summed E-state index contributed by atoms with van der Waals surface area (Å²) in [6.45, 7) is 8.36. The second-order valence-electron chi connectivity index (χ2n) is 8.25. The number of ether oxygens (including phenoxy) is 3. The molecular formula is C24H26N2O5. The van der Waals surface area contributed by atoms with Gasteiger partial charge in [-0.25, -0.2) is 0 Å². The maximum atomic E-state index is 13.2. The van der Waals surface area contributed by atoms with Gasteiger partial charge in [-0.2, -0.15) is 0 Å². The van der Waals surface area contributed by atoms with Gasteiger partial charge < -0.3 is 19.5 Å². The summed E-state index contributed by atoms with van der Waals surface area (Å²) in [6.07, 6.45) is 0.0459. The molecule has 2 amide bonds. The predicted octanol–water partition coefficient (Wildman–Crippen LogP) is 4.05. The van der Waals surface area contributed by atoms with Crippen LogP contribution < -0.4 is 19.5 Å². The molecule has 0 bridgehead atoms. The Balaban J connectivity index is 1.71. The zero-order chi connectivity index (χ0) is 22.1. The van der Waals surface area contributed by atoms with E-state index in [0.717, 1.165) is 0 Å². The highest BCUT2D eigenvalue weighted by Crippen LogP contribution is 2.37. The van der Waals surface area contributed by atoms with Crippen molar-refractivity contribution < 1.29 is 23.8 Å². The molecule has 7 heteroatoms. The highest BCUT2D eigenvalue weighted by atomic mass is 16.7. The highest BCUT2D eigenvalue weighted by molar-refractivity contribution is 6.36. The first-order chi connectivity index (χ1) is 14.8. The van der Waals surface area contributed by atoms with Crippen molar-refractivity contribution >= 4 is 23.1 Å². The number of nitrogens with zero attached hydrogens (tertiary/aromatic N) is 1. The van der Waals surface area contributed by atoms with E-state index in [9.17, 15) is 9.59 Å². The predicted molar refractivity (Wildman–Crippen MR) is 117 cm³/mol. The van der Waals surface area contributed by atoms with Crippen LogP contribution in [0.3, 0.4) is 0 Å². The smallest absolute Gasteiger partial charge is 0.278 e. The second-order valence-corrected chi connectivity index (χ2v) is 8.25. The van der Waals surface area contributed by atoms with E-state index in [1.165, 1.54) is 4.90 Å². The third-order valence-corrected chi connectivity index (χ3v) is 4.87. The van der Waals surface area contributed by atoms with Crippen molar-refractivity contribution in [3.05, 3.63) is 53.7 Å². The molecule has 0 saturated carbocycles. The normalized spacial score (nSPS) is 15.5. The molecule has 2 heterocycles. The molecule has 0 unspecified atom stereocenters. The minimum Gasteiger partial charge on any atom is -0.491 e. The summed E-state index contributed by atoms with van der Waals surface area (Å²) in [5, 5.41) is 3.15. The van der Waals surface area contributed by atoms with Crippen molar-refractivity contribution in [1.82, 2.24) is 4.90 Å². The quantitative estimate of drug-likeness (QED) is 0.679.